The summed E-state index contributed by atoms with van der Waals surface area (Å²) in [7, 11) is 10.7. The van der Waals surface area contributed by atoms with E-state index in [2.05, 4.69) is 61.8 Å². The Balaban J connectivity index is 3.52. The molecular weight excluding hydrogens is 400 g/mol. The van der Waals surface area contributed by atoms with Crippen LogP contribution in [0.25, 0.3) is 0 Å². The van der Waals surface area contributed by atoms with Gasteiger partial charge in [0.15, 0.2) is 0 Å². The van der Waals surface area contributed by atoms with Crippen molar-refractivity contribution in [1.29, 1.82) is 0 Å². The summed E-state index contributed by atoms with van der Waals surface area (Å²) in [6, 6.07) is 0. The van der Waals surface area contributed by atoms with Crippen LogP contribution in [-0.4, -0.2) is 125 Å². The summed E-state index contributed by atoms with van der Waals surface area (Å²) in [6.45, 7) is 10.5. The third-order valence-corrected chi connectivity index (χ3v) is 6.13. The largest absolute Gasteiger partial charge is 0.389 e. The van der Waals surface area contributed by atoms with Gasteiger partial charge in [0.2, 0.25) is 0 Å². The zero-order chi connectivity index (χ0) is 24.0. The maximum absolute atomic E-state index is 10.2. The van der Waals surface area contributed by atoms with Crippen LogP contribution in [0.15, 0.2) is 0 Å². The van der Waals surface area contributed by atoms with E-state index < -0.39 is 6.10 Å². The summed E-state index contributed by atoms with van der Waals surface area (Å²) >= 11 is 0. The molecule has 0 aliphatic rings. The highest BCUT2D eigenvalue weighted by Crippen LogP contribution is 2.10. The van der Waals surface area contributed by atoms with Gasteiger partial charge in [0.25, 0.3) is 0 Å². The van der Waals surface area contributed by atoms with E-state index in [1.165, 1.54) is 57.8 Å². The molecule has 1 atom stereocenters. The number of aliphatic hydroxyl groups excluding tert-OH is 1. The van der Waals surface area contributed by atoms with E-state index in [0.29, 0.717) is 13.2 Å². The van der Waals surface area contributed by atoms with Crippen molar-refractivity contribution >= 4 is 0 Å². The molecule has 32 heavy (non-hydrogen) atoms. The van der Waals surface area contributed by atoms with E-state index in [-0.39, 0.29) is 0 Å². The Hall–Kier alpha value is -0.240. The molecule has 0 saturated carbocycles. The van der Waals surface area contributed by atoms with Crippen LogP contribution in [0.2, 0.25) is 0 Å². The second-order valence-electron chi connectivity index (χ2n) is 10.1. The Morgan fingerprint density at radius 3 is 1.53 bits per heavy atom. The molecule has 0 heterocycles. The highest BCUT2D eigenvalue weighted by molar-refractivity contribution is 4.64. The van der Waals surface area contributed by atoms with E-state index in [9.17, 15) is 5.11 Å². The molecule has 0 rings (SSSR count). The van der Waals surface area contributed by atoms with Crippen molar-refractivity contribution in [2.45, 2.75) is 77.2 Å². The average Bonchev–Trinajstić information content (AvgIpc) is 2.75. The molecule has 0 aromatic carbocycles. The minimum Gasteiger partial charge on any atom is -0.389 e. The molecule has 0 radical (unpaired) electrons. The van der Waals surface area contributed by atoms with Crippen molar-refractivity contribution in [2.24, 2.45) is 0 Å². The maximum Gasteiger partial charge on any atom is 0.0900 e. The minimum absolute atomic E-state index is 0.398. The first-order chi connectivity index (χ1) is 15.3. The third-order valence-electron chi connectivity index (χ3n) is 6.13. The lowest BCUT2D eigenvalue weighted by Gasteiger charge is -2.26. The average molecular weight is 459 g/mol. The fourth-order valence-corrected chi connectivity index (χ4v) is 3.69. The van der Waals surface area contributed by atoms with Crippen molar-refractivity contribution in [3.8, 4) is 0 Å². The Kier molecular flexibility index (Phi) is 22.4. The van der Waals surface area contributed by atoms with Crippen molar-refractivity contribution in [2.75, 3.05) is 94.3 Å². The molecule has 0 aliphatic heterocycles. The van der Waals surface area contributed by atoms with Crippen LogP contribution in [0, 0.1) is 0 Å². The Bertz CT molecular complexity index is 385. The monoisotopic (exact) mass is 458 g/mol. The van der Waals surface area contributed by atoms with Crippen molar-refractivity contribution in [3.05, 3.63) is 0 Å². The van der Waals surface area contributed by atoms with Crippen LogP contribution < -0.4 is 0 Å². The highest BCUT2D eigenvalue weighted by Gasteiger charge is 2.10. The number of hydrogen-bond acceptors (Lipinski definition) is 6. The van der Waals surface area contributed by atoms with Crippen molar-refractivity contribution in [3.63, 3.8) is 0 Å². The van der Waals surface area contributed by atoms with Gasteiger partial charge in [0, 0.05) is 52.4 Å². The summed E-state index contributed by atoms with van der Waals surface area (Å²) in [6.07, 6.45) is 13.0. The van der Waals surface area contributed by atoms with Crippen LogP contribution in [0.4, 0.5) is 0 Å². The van der Waals surface area contributed by atoms with Crippen molar-refractivity contribution < 1.29 is 9.84 Å². The molecule has 1 N–H and O–H groups in total. The lowest BCUT2D eigenvalue weighted by molar-refractivity contribution is 0.0186. The van der Waals surface area contributed by atoms with Crippen LogP contribution in [-0.2, 0) is 4.74 Å². The fourth-order valence-electron chi connectivity index (χ4n) is 3.69. The number of rotatable bonds is 24. The number of ether oxygens (including phenoxy) is 1. The van der Waals surface area contributed by atoms with Gasteiger partial charge < -0.3 is 29.4 Å². The van der Waals surface area contributed by atoms with E-state index >= 15 is 0 Å². The molecule has 0 aliphatic carbocycles. The van der Waals surface area contributed by atoms with Gasteiger partial charge in [-0.15, -0.1) is 0 Å². The first kappa shape index (κ1) is 31.8. The zero-order valence-corrected chi connectivity index (χ0v) is 22.7. The van der Waals surface area contributed by atoms with Gasteiger partial charge >= 0.3 is 0 Å². The molecule has 0 fully saturated rings. The summed E-state index contributed by atoms with van der Waals surface area (Å²) < 4.78 is 5.70. The number of hydrogen-bond donors (Lipinski definition) is 1. The molecular formula is C26H58N4O2. The molecule has 0 aromatic rings. The number of likely N-dealkylation sites (N-methyl/N-ethyl adjacent to an activating group) is 4. The predicted octanol–water partition coefficient (Wildman–Crippen LogP) is 3.64. The second-order valence-corrected chi connectivity index (χ2v) is 10.1. The van der Waals surface area contributed by atoms with Gasteiger partial charge in [0.05, 0.1) is 12.7 Å². The molecule has 0 aromatic heterocycles. The van der Waals surface area contributed by atoms with Gasteiger partial charge in [-0.1, -0.05) is 64.7 Å². The molecule has 6 heteroatoms. The summed E-state index contributed by atoms with van der Waals surface area (Å²) in [5.41, 5.74) is 0. The van der Waals surface area contributed by atoms with Crippen LogP contribution in [0.3, 0.4) is 0 Å². The van der Waals surface area contributed by atoms with E-state index in [0.717, 1.165) is 52.3 Å². The number of nitrogens with zero attached hydrogens (tertiary/aromatic N) is 4. The summed E-state index contributed by atoms with van der Waals surface area (Å²) in [5, 5.41) is 10.2. The summed E-state index contributed by atoms with van der Waals surface area (Å²) in [4.78, 5) is 9.19. The van der Waals surface area contributed by atoms with E-state index in [1.54, 1.807) is 0 Å². The lowest BCUT2D eigenvalue weighted by atomic mass is 10.1. The lowest BCUT2D eigenvalue weighted by Crippen LogP contribution is -2.39. The van der Waals surface area contributed by atoms with Gasteiger partial charge in [-0.2, -0.15) is 0 Å². The van der Waals surface area contributed by atoms with Crippen molar-refractivity contribution in [1.82, 2.24) is 19.6 Å². The minimum atomic E-state index is -0.398. The molecule has 6 nitrogen and oxygen atoms in total. The van der Waals surface area contributed by atoms with E-state index in [4.69, 9.17) is 4.74 Å². The zero-order valence-electron chi connectivity index (χ0n) is 22.7. The van der Waals surface area contributed by atoms with Gasteiger partial charge in [-0.25, -0.2) is 0 Å². The Morgan fingerprint density at radius 1 is 0.594 bits per heavy atom. The number of unbranched alkanes of at least 4 members (excludes halogenated alkanes) is 9. The standard InChI is InChI=1S/C26H58N4O2/c1-7-8-9-10-11-12-13-14-15-16-23-32-25-26(31)24-30(6)22-21-29(5)20-19-28(4)18-17-27(2)3/h26,31H,7-25H2,1-6H3. The highest BCUT2D eigenvalue weighted by atomic mass is 16.5. The van der Waals surface area contributed by atoms with Crippen LogP contribution in [0.5, 0.6) is 0 Å². The Labute approximate surface area is 201 Å². The molecule has 0 saturated heterocycles. The smallest absolute Gasteiger partial charge is 0.0900 e. The van der Waals surface area contributed by atoms with Gasteiger partial charge in [-0.3, -0.25) is 0 Å². The molecule has 0 amide bonds. The van der Waals surface area contributed by atoms with E-state index in [1.807, 2.05) is 0 Å². The van der Waals surface area contributed by atoms with Crippen LogP contribution in [0.1, 0.15) is 71.1 Å². The fraction of sp³-hybridized carbons (Fsp3) is 1.00. The SMILES string of the molecule is CCCCCCCCCCCCOCC(O)CN(C)CCN(C)CCN(C)CCN(C)C. The normalized spacial score (nSPS) is 13.2. The predicted molar refractivity (Wildman–Crippen MR) is 140 cm³/mol. The van der Waals surface area contributed by atoms with Gasteiger partial charge in [0.1, 0.15) is 0 Å². The molecule has 194 valence electrons. The second kappa shape index (κ2) is 22.5. The molecule has 0 bridgehead atoms. The number of aliphatic hydroxyl groups is 1. The molecule has 1 unspecified atom stereocenters. The topological polar surface area (TPSA) is 42.4 Å². The Morgan fingerprint density at radius 2 is 1.03 bits per heavy atom. The maximum atomic E-state index is 10.2. The first-order valence-electron chi connectivity index (χ1n) is 13.3. The third kappa shape index (κ3) is 22.9. The van der Waals surface area contributed by atoms with Crippen LogP contribution >= 0.6 is 0 Å². The van der Waals surface area contributed by atoms with Gasteiger partial charge in [-0.05, 0) is 41.7 Å². The summed E-state index contributed by atoms with van der Waals surface area (Å²) in [5.74, 6) is 0. The quantitative estimate of drug-likeness (QED) is 0.223. The first-order valence-corrected chi connectivity index (χ1v) is 13.3. The molecule has 0 spiro atoms.